The average Bonchev–Trinajstić information content (AvgIpc) is 3.49. The molecule has 0 spiro atoms. The molecule has 4 aromatic rings. The Morgan fingerprint density at radius 1 is 1.23 bits per heavy atom. The molecule has 10 heteroatoms. The van der Waals surface area contributed by atoms with Crippen LogP contribution in [0.15, 0.2) is 36.8 Å². The lowest BCUT2D eigenvalue weighted by atomic mass is 9.89. The normalized spacial score (nSPS) is 18.5. The summed E-state index contributed by atoms with van der Waals surface area (Å²) < 4.78 is 1.14. The highest BCUT2D eigenvalue weighted by molar-refractivity contribution is 7.18. The van der Waals surface area contributed by atoms with Gasteiger partial charge in [-0.2, -0.15) is 5.10 Å². The second-order valence-corrected chi connectivity index (χ2v) is 10.6. The lowest BCUT2D eigenvalue weighted by Crippen LogP contribution is -2.46. The van der Waals surface area contributed by atoms with E-state index in [1.165, 1.54) is 6.20 Å². The standard InChI is InChI=1S/C25H29N7O2S/c1-15-4-6-21(16-5-7-22-18(10-16)28-23(35-22)8-9-31(2)3)32(14-15)25(34)24(33)29-19-12-26-13-20-17(19)11-27-30-20/h5,7,10-13,15,21H,4,6,8-9,14H2,1-3H3,(H,27,30)(H,29,33)/t15-,21+/m1/s1. The van der Waals surface area contributed by atoms with Crippen molar-refractivity contribution in [2.75, 3.05) is 32.5 Å². The van der Waals surface area contributed by atoms with Gasteiger partial charge in [0.1, 0.15) is 0 Å². The molecule has 1 aliphatic heterocycles. The first kappa shape index (κ1) is 23.4. The lowest BCUT2D eigenvalue weighted by molar-refractivity contribution is -0.146. The highest BCUT2D eigenvalue weighted by Gasteiger charge is 2.34. The summed E-state index contributed by atoms with van der Waals surface area (Å²) in [5, 5.41) is 11.4. The van der Waals surface area contributed by atoms with E-state index in [4.69, 9.17) is 4.98 Å². The molecule has 4 heterocycles. The number of amides is 2. The molecule has 1 fully saturated rings. The Morgan fingerprint density at radius 2 is 2.09 bits per heavy atom. The SMILES string of the molecule is C[C@@H]1CC[C@@H](c2ccc3sc(CCN(C)C)nc3c2)N(C(=O)C(=O)Nc2cncc3[nH]ncc23)C1. The van der Waals surface area contributed by atoms with Gasteiger partial charge in [-0.25, -0.2) is 4.98 Å². The first-order chi connectivity index (χ1) is 16.9. The molecule has 1 saturated heterocycles. The number of likely N-dealkylation sites (tertiary alicyclic amines) is 1. The van der Waals surface area contributed by atoms with Crippen molar-refractivity contribution in [1.29, 1.82) is 0 Å². The Kier molecular flexibility index (Phi) is 6.48. The number of hydrogen-bond donors (Lipinski definition) is 2. The van der Waals surface area contributed by atoms with Crippen molar-refractivity contribution in [1.82, 2.24) is 30.0 Å². The molecule has 1 aliphatic rings. The summed E-state index contributed by atoms with van der Waals surface area (Å²) in [6.07, 6.45) is 7.48. The summed E-state index contributed by atoms with van der Waals surface area (Å²) in [6.45, 7) is 3.60. The van der Waals surface area contributed by atoms with Gasteiger partial charge >= 0.3 is 11.8 Å². The minimum Gasteiger partial charge on any atom is -0.327 e. The molecule has 0 unspecified atom stereocenters. The number of carbonyl (C=O) groups excluding carboxylic acids is 2. The molecule has 9 nitrogen and oxygen atoms in total. The number of nitrogens with zero attached hydrogens (tertiary/aromatic N) is 5. The smallest absolute Gasteiger partial charge is 0.313 e. The number of carbonyl (C=O) groups is 2. The van der Waals surface area contributed by atoms with Crippen LogP contribution in [0, 0.1) is 5.92 Å². The Labute approximate surface area is 207 Å². The number of H-pyrrole nitrogens is 1. The summed E-state index contributed by atoms with van der Waals surface area (Å²) in [4.78, 5) is 39.2. The van der Waals surface area contributed by atoms with Crippen molar-refractivity contribution in [2.24, 2.45) is 5.92 Å². The van der Waals surface area contributed by atoms with Gasteiger partial charge < -0.3 is 15.1 Å². The van der Waals surface area contributed by atoms with Crippen LogP contribution in [0.5, 0.6) is 0 Å². The van der Waals surface area contributed by atoms with Gasteiger partial charge in [0.2, 0.25) is 0 Å². The predicted molar refractivity (Wildman–Crippen MR) is 137 cm³/mol. The van der Waals surface area contributed by atoms with Gasteiger partial charge in [0.05, 0.1) is 51.1 Å². The fraction of sp³-hybridized carbons (Fsp3) is 0.400. The molecule has 2 N–H and O–H groups in total. The first-order valence-corrected chi connectivity index (χ1v) is 12.6. The topological polar surface area (TPSA) is 107 Å². The molecule has 1 aromatic carbocycles. The summed E-state index contributed by atoms with van der Waals surface area (Å²) in [6, 6.07) is 6.09. The monoisotopic (exact) mass is 491 g/mol. The Bertz CT molecular complexity index is 1380. The highest BCUT2D eigenvalue weighted by atomic mass is 32.1. The van der Waals surface area contributed by atoms with Gasteiger partial charge in [-0.15, -0.1) is 11.3 Å². The summed E-state index contributed by atoms with van der Waals surface area (Å²) in [5.41, 5.74) is 3.13. The number of aromatic nitrogens is 4. The van der Waals surface area contributed by atoms with E-state index in [1.54, 1.807) is 28.6 Å². The quantitative estimate of drug-likeness (QED) is 0.413. The van der Waals surface area contributed by atoms with E-state index >= 15 is 0 Å². The van der Waals surface area contributed by atoms with Crippen molar-refractivity contribution in [3.8, 4) is 0 Å². The zero-order valence-electron chi connectivity index (χ0n) is 20.1. The number of piperidine rings is 1. The largest absolute Gasteiger partial charge is 0.327 e. The van der Waals surface area contributed by atoms with Crippen molar-refractivity contribution >= 4 is 50.0 Å². The third-order valence-corrected chi connectivity index (χ3v) is 7.60. The molecule has 2 atom stereocenters. The van der Waals surface area contributed by atoms with E-state index in [-0.39, 0.29) is 6.04 Å². The maximum Gasteiger partial charge on any atom is 0.313 e. The van der Waals surface area contributed by atoms with Crippen LogP contribution >= 0.6 is 11.3 Å². The number of benzene rings is 1. The average molecular weight is 492 g/mol. The van der Waals surface area contributed by atoms with E-state index in [9.17, 15) is 9.59 Å². The molecule has 0 aliphatic carbocycles. The second-order valence-electron chi connectivity index (χ2n) is 9.52. The van der Waals surface area contributed by atoms with E-state index < -0.39 is 11.8 Å². The molecular formula is C25H29N7O2S. The Morgan fingerprint density at radius 3 is 2.91 bits per heavy atom. The summed E-state index contributed by atoms with van der Waals surface area (Å²) in [5.74, 6) is -0.880. The molecule has 182 valence electrons. The van der Waals surface area contributed by atoms with E-state index in [2.05, 4.69) is 64.6 Å². The fourth-order valence-corrected chi connectivity index (χ4v) is 5.56. The zero-order chi connectivity index (χ0) is 24.5. The zero-order valence-corrected chi connectivity index (χ0v) is 20.9. The van der Waals surface area contributed by atoms with E-state index in [0.29, 0.717) is 29.1 Å². The molecule has 2 amide bonds. The molecule has 3 aromatic heterocycles. The van der Waals surface area contributed by atoms with E-state index in [0.717, 1.165) is 46.6 Å². The lowest BCUT2D eigenvalue weighted by Gasteiger charge is -2.38. The predicted octanol–water partition coefficient (Wildman–Crippen LogP) is 3.61. The number of anilines is 1. The molecule has 0 saturated carbocycles. The molecule has 0 radical (unpaired) electrons. The molecular weight excluding hydrogens is 462 g/mol. The third kappa shape index (κ3) is 4.89. The van der Waals surface area contributed by atoms with Crippen LogP contribution in [0.4, 0.5) is 5.69 Å². The number of aromatic amines is 1. The molecule has 35 heavy (non-hydrogen) atoms. The van der Waals surface area contributed by atoms with Crippen molar-refractivity contribution in [3.63, 3.8) is 0 Å². The minimum absolute atomic E-state index is 0.163. The van der Waals surface area contributed by atoms with Crippen molar-refractivity contribution in [2.45, 2.75) is 32.2 Å². The van der Waals surface area contributed by atoms with Crippen LogP contribution in [-0.4, -0.2) is 69.0 Å². The fourth-order valence-electron chi connectivity index (χ4n) is 4.62. The summed E-state index contributed by atoms with van der Waals surface area (Å²) >= 11 is 1.71. The second kappa shape index (κ2) is 9.71. The number of thiazole rings is 1. The van der Waals surface area contributed by atoms with Crippen molar-refractivity contribution < 1.29 is 9.59 Å². The molecule has 0 bridgehead atoms. The van der Waals surface area contributed by atoms with Gasteiger partial charge in [-0.1, -0.05) is 13.0 Å². The number of nitrogens with one attached hydrogen (secondary N) is 2. The van der Waals surface area contributed by atoms with Gasteiger partial charge in [0.15, 0.2) is 0 Å². The summed E-state index contributed by atoms with van der Waals surface area (Å²) in [7, 11) is 4.12. The van der Waals surface area contributed by atoms with Crippen LogP contribution < -0.4 is 5.32 Å². The minimum atomic E-state index is -0.666. The van der Waals surface area contributed by atoms with Crippen LogP contribution in [-0.2, 0) is 16.0 Å². The van der Waals surface area contributed by atoms with Crippen LogP contribution in [0.1, 0.15) is 36.4 Å². The maximum atomic E-state index is 13.4. The molecule has 5 rings (SSSR count). The van der Waals surface area contributed by atoms with Gasteiger partial charge in [-0.3, -0.25) is 19.7 Å². The Balaban J connectivity index is 1.38. The third-order valence-electron chi connectivity index (χ3n) is 6.50. The number of rotatable bonds is 5. The number of pyridine rings is 1. The Hall–Kier alpha value is -3.37. The highest BCUT2D eigenvalue weighted by Crippen LogP contribution is 2.36. The van der Waals surface area contributed by atoms with Gasteiger partial charge in [0, 0.05) is 24.9 Å². The van der Waals surface area contributed by atoms with Crippen LogP contribution in [0.3, 0.4) is 0 Å². The van der Waals surface area contributed by atoms with Crippen LogP contribution in [0.2, 0.25) is 0 Å². The number of likely N-dealkylation sites (N-methyl/N-ethyl adjacent to an activating group) is 1. The van der Waals surface area contributed by atoms with Gasteiger partial charge in [-0.05, 0) is 50.6 Å². The van der Waals surface area contributed by atoms with Gasteiger partial charge in [0.25, 0.3) is 0 Å². The first-order valence-electron chi connectivity index (χ1n) is 11.8. The van der Waals surface area contributed by atoms with Crippen LogP contribution in [0.25, 0.3) is 21.1 Å². The van der Waals surface area contributed by atoms with E-state index in [1.807, 2.05) is 0 Å². The van der Waals surface area contributed by atoms with Crippen molar-refractivity contribution in [3.05, 3.63) is 47.4 Å². The maximum absolute atomic E-state index is 13.4. The number of fused-ring (bicyclic) bond motifs is 2. The number of hydrogen-bond acceptors (Lipinski definition) is 7.